The lowest BCUT2D eigenvalue weighted by molar-refractivity contribution is -0.119. The third-order valence-electron chi connectivity index (χ3n) is 2.71. The number of carbonyl (C=O) groups excluding carboxylic acids is 1. The van der Waals surface area contributed by atoms with Gasteiger partial charge in [-0.25, -0.2) is 0 Å². The van der Waals surface area contributed by atoms with Crippen LogP contribution in [0.15, 0.2) is 23.5 Å². The Morgan fingerprint density at radius 1 is 1.35 bits per heavy atom. The largest absolute Gasteiger partial charge is 0.398 e. The maximum atomic E-state index is 11.9. The van der Waals surface area contributed by atoms with Gasteiger partial charge in [-0.05, 0) is 37.1 Å². The van der Waals surface area contributed by atoms with Crippen molar-refractivity contribution < 1.29 is 4.79 Å². The van der Waals surface area contributed by atoms with E-state index in [9.17, 15) is 4.79 Å². The molecular formula is C13H18ClN5O. The first-order chi connectivity index (χ1) is 9.23. The number of benzene rings is 1. The van der Waals surface area contributed by atoms with Crippen LogP contribution >= 0.6 is 11.6 Å². The summed E-state index contributed by atoms with van der Waals surface area (Å²) in [4.78, 5) is 11.9. The highest BCUT2D eigenvalue weighted by Gasteiger charge is 2.16. The molecule has 0 spiro atoms. The van der Waals surface area contributed by atoms with Crippen LogP contribution < -0.4 is 22.5 Å². The Bertz CT molecular complexity index is 591. The number of nitrogen functional groups attached to an aromatic ring is 2. The number of allylic oxidation sites excluding steroid dienone is 1. The molecule has 1 aromatic carbocycles. The number of hydrogen-bond donors (Lipinski definition) is 5. The molecule has 0 saturated heterocycles. The van der Waals surface area contributed by atoms with Crippen LogP contribution in [0, 0.1) is 5.41 Å². The summed E-state index contributed by atoms with van der Waals surface area (Å²) in [5, 5.41) is 10.4. The van der Waals surface area contributed by atoms with Gasteiger partial charge >= 0.3 is 0 Å². The summed E-state index contributed by atoms with van der Waals surface area (Å²) >= 11 is 6.06. The van der Waals surface area contributed by atoms with Crippen LogP contribution in [0.3, 0.4) is 0 Å². The van der Waals surface area contributed by atoms with Crippen molar-refractivity contribution in [3.05, 3.63) is 39.7 Å². The van der Waals surface area contributed by atoms with Gasteiger partial charge in [-0.3, -0.25) is 10.2 Å². The zero-order valence-electron chi connectivity index (χ0n) is 11.4. The SMILES string of the molecule is CC(C)=C(N)NC(=O)Cc1c(Cl)ccc(N)c1C(=N)N. The number of nitrogens with one attached hydrogen (secondary N) is 2. The van der Waals surface area contributed by atoms with Crippen LogP contribution in [0.1, 0.15) is 25.0 Å². The fourth-order valence-corrected chi connectivity index (χ4v) is 1.84. The van der Waals surface area contributed by atoms with E-state index in [2.05, 4.69) is 5.32 Å². The molecule has 7 heteroatoms. The van der Waals surface area contributed by atoms with E-state index in [-0.39, 0.29) is 23.7 Å². The number of carbonyl (C=O) groups is 1. The van der Waals surface area contributed by atoms with Gasteiger partial charge in [-0.2, -0.15) is 0 Å². The maximum Gasteiger partial charge on any atom is 0.229 e. The first-order valence-corrected chi connectivity index (χ1v) is 6.25. The van der Waals surface area contributed by atoms with E-state index in [1.807, 2.05) is 0 Å². The van der Waals surface area contributed by atoms with Gasteiger partial charge in [-0.1, -0.05) is 11.6 Å². The van der Waals surface area contributed by atoms with E-state index >= 15 is 0 Å². The van der Waals surface area contributed by atoms with Crippen LogP contribution in [-0.2, 0) is 11.2 Å². The molecule has 1 rings (SSSR count). The highest BCUT2D eigenvalue weighted by Crippen LogP contribution is 2.25. The van der Waals surface area contributed by atoms with Crippen molar-refractivity contribution in [2.24, 2.45) is 11.5 Å². The third-order valence-corrected chi connectivity index (χ3v) is 3.06. The second-order valence-electron chi connectivity index (χ2n) is 4.54. The van der Waals surface area contributed by atoms with Crippen molar-refractivity contribution >= 4 is 29.0 Å². The second-order valence-corrected chi connectivity index (χ2v) is 4.95. The van der Waals surface area contributed by atoms with Crippen LogP contribution in [0.4, 0.5) is 5.69 Å². The summed E-state index contributed by atoms with van der Waals surface area (Å²) < 4.78 is 0. The number of amides is 1. The molecule has 8 N–H and O–H groups in total. The van der Waals surface area contributed by atoms with E-state index in [4.69, 9.17) is 34.2 Å². The molecule has 6 nitrogen and oxygen atoms in total. The quantitative estimate of drug-likeness (QED) is 0.323. The molecule has 0 heterocycles. The molecule has 0 aliphatic heterocycles. The Hall–Kier alpha value is -2.21. The van der Waals surface area contributed by atoms with Gasteiger partial charge in [0.1, 0.15) is 11.7 Å². The standard InChI is InChI=1S/C13H18ClN5O/c1-6(2)13(18)19-10(20)5-7-8(14)3-4-9(15)11(7)12(16)17/h3-4H,5,15,18H2,1-2H3,(H3,16,17)(H,19,20). The first kappa shape index (κ1) is 15.8. The number of rotatable bonds is 4. The molecule has 1 amide bonds. The van der Waals surface area contributed by atoms with Crippen molar-refractivity contribution in [2.75, 3.05) is 5.73 Å². The minimum atomic E-state index is -0.348. The molecule has 0 atom stereocenters. The van der Waals surface area contributed by atoms with Crippen molar-refractivity contribution in [2.45, 2.75) is 20.3 Å². The predicted molar refractivity (Wildman–Crippen MR) is 81.3 cm³/mol. The third kappa shape index (κ3) is 3.64. The first-order valence-electron chi connectivity index (χ1n) is 5.88. The topological polar surface area (TPSA) is 131 Å². The molecule has 0 aliphatic rings. The van der Waals surface area contributed by atoms with E-state index in [1.165, 1.54) is 0 Å². The summed E-state index contributed by atoms with van der Waals surface area (Å²) in [6, 6.07) is 3.11. The van der Waals surface area contributed by atoms with Crippen LogP contribution in [0.2, 0.25) is 5.02 Å². The highest BCUT2D eigenvalue weighted by atomic mass is 35.5. The second kappa shape index (κ2) is 6.29. The average molecular weight is 296 g/mol. The molecule has 20 heavy (non-hydrogen) atoms. The fraction of sp³-hybridized carbons (Fsp3) is 0.231. The summed E-state index contributed by atoms with van der Waals surface area (Å²) in [6.45, 7) is 3.56. The lowest BCUT2D eigenvalue weighted by atomic mass is 10.0. The summed E-state index contributed by atoms with van der Waals surface area (Å²) in [7, 11) is 0. The smallest absolute Gasteiger partial charge is 0.229 e. The number of nitrogens with two attached hydrogens (primary N) is 3. The fourth-order valence-electron chi connectivity index (χ4n) is 1.61. The molecule has 0 aliphatic carbocycles. The minimum Gasteiger partial charge on any atom is -0.398 e. The normalized spacial score (nSPS) is 9.95. The molecule has 0 fully saturated rings. The molecular weight excluding hydrogens is 278 g/mol. The molecule has 0 radical (unpaired) electrons. The maximum absolute atomic E-state index is 11.9. The number of hydrogen-bond acceptors (Lipinski definition) is 4. The Kier molecular flexibility index (Phi) is 4.99. The zero-order valence-corrected chi connectivity index (χ0v) is 12.1. The van der Waals surface area contributed by atoms with Crippen LogP contribution in [0.25, 0.3) is 0 Å². The number of amidine groups is 1. The number of halogens is 1. The van der Waals surface area contributed by atoms with Gasteiger partial charge in [0.05, 0.1) is 6.42 Å². The summed E-state index contributed by atoms with van der Waals surface area (Å²) in [5.74, 6) is -0.291. The Balaban J connectivity index is 3.10. The Morgan fingerprint density at radius 3 is 2.45 bits per heavy atom. The zero-order chi connectivity index (χ0) is 15.4. The lowest BCUT2D eigenvalue weighted by Crippen LogP contribution is -2.30. The summed E-state index contributed by atoms with van der Waals surface area (Å²) in [6.07, 6.45) is -0.0627. The minimum absolute atomic E-state index is 0.0627. The average Bonchev–Trinajstić information content (AvgIpc) is 2.33. The van der Waals surface area contributed by atoms with E-state index < -0.39 is 0 Å². The van der Waals surface area contributed by atoms with Crippen molar-refractivity contribution in [1.82, 2.24) is 5.32 Å². The van der Waals surface area contributed by atoms with E-state index in [0.717, 1.165) is 5.57 Å². The van der Waals surface area contributed by atoms with E-state index in [1.54, 1.807) is 26.0 Å². The molecule has 0 unspecified atom stereocenters. The van der Waals surface area contributed by atoms with Gasteiger partial charge < -0.3 is 22.5 Å². The van der Waals surface area contributed by atoms with Gasteiger partial charge in [0, 0.05) is 16.3 Å². The molecule has 0 aromatic heterocycles. The van der Waals surface area contributed by atoms with Gasteiger partial charge in [0.25, 0.3) is 0 Å². The Labute approximate surface area is 122 Å². The summed E-state index contributed by atoms with van der Waals surface area (Å²) in [5.41, 5.74) is 18.7. The predicted octanol–water partition coefficient (Wildman–Crippen LogP) is 1.08. The van der Waals surface area contributed by atoms with Gasteiger partial charge in [0.2, 0.25) is 5.91 Å². The van der Waals surface area contributed by atoms with Gasteiger partial charge in [0.15, 0.2) is 0 Å². The molecule has 0 bridgehead atoms. The van der Waals surface area contributed by atoms with Crippen molar-refractivity contribution in [1.29, 1.82) is 5.41 Å². The number of anilines is 1. The van der Waals surface area contributed by atoms with Crippen LogP contribution in [0.5, 0.6) is 0 Å². The molecule has 1 aromatic rings. The highest BCUT2D eigenvalue weighted by molar-refractivity contribution is 6.32. The van der Waals surface area contributed by atoms with Crippen molar-refractivity contribution in [3.63, 3.8) is 0 Å². The lowest BCUT2D eigenvalue weighted by Gasteiger charge is -2.13. The van der Waals surface area contributed by atoms with Crippen molar-refractivity contribution in [3.8, 4) is 0 Å². The Morgan fingerprint density at radius 2 is 1.95 bits per heavy atom. The van der Waals surface area contributed by atoms with Gasteiger partial charge in [-0.15, -0.1) is 0 Å². The van der Waals surface area contributed by atoms with E-state index in [0.29, 0.717) is 22.1 Å². The molecule has 0 saturated carbocycles. The molecule has 108 valence electrons. The van der Waals surface area contributed by atoms with Crippen LogP contribution in [-0.4, -0.2) is 11.7 Å². The monoisotopic (exact) mass is 295 g/mol.